The molecule has 0 saturated carbocycles. The molecule has 2 aromatic carbocycles. The SMILES string of the molecule is O=C(Nc1ccccc1N1CCCC1=O)C1CC(=O)N(c2ccccc2F)C1. The lowest BCUT2D eigenvalue weighted by Crippen LogP contribution is -2.30. The van der Waals surface area contributed by atoms with Gasteiger partial charge in [0.05, 0.1) is 23.0 Å². The second-order valence-electron chi connectivity index (χ2n) is 7.01. The molecule has 2 aliphatic rings. The molecular weight excluding hydrogens is 361 g/mol. The van der Waals surface area contributed by atoms with Gasteiger partial charge >= 0.3 is 0 Å². The van der Waals surface area contributed by atoms with E-state index in [9.17, 15) is 18.8 Å². The molecule has 144 valence electrons. The molecule has 0 aliphatic carbocycles. The van der Waals surface area contributed by atoms with Gasteiger partial charge in [-0.2, -0.15) is 0 Å². The van der Waals surface area contributed by atoms with Crippen molar-refractivity contribution in [3.05, 3.63) is 54.3 Å². The maximum Gasteiger partial charge on any atom is 0.229 e. The summed E-state index contributed by atoms with van der Waals surface area (Å²) in [6.45, 7) is 0.741. The average molecular weight is 381 g/mol. The first kappa shape index (κ1) is 18.2. The van der Waals surface area contributed by atoms with E-state index in [4.69, 9.17) is 0 Å². The Hall–Kier alpha value is -3.22. The quantitative estimate of drug-likeness (QED) is 0.885. The minimum Gasteiger partial charge on any atom is -0.324 e. The van der Waals surface area contributed by atoms with Crippen LogP contribution in [0.25, 0.3) is 0 Å². The number of anilines is 3. The van der Waals surface area contributed by atoms with Crippen LogP contribution in [-0.2, 0) is 14.4 Å². The summed E-state index contributed by atoms with van der Waals surface area (Å²) in [6, 6.07) is 13.2. The van der Waals surface area contributed by atoms with Crippen LogP contribution in [0.1, 0.15) is 19.3 Å². The number of halogens is 1. The summed E-state index contributed by atoms with van der Waals surface area (Å²) in [6.07, 6.45) is 1.30. The molecule has 2 heterocycles. The van der Waals surface area contributed by atoms with Crippen molar-refractivity contribution >= 4 is 34.8 Å². The number of hydrogen-bond donors (Lipinski definition) is 1. The Morgan fingerprint density at radius 2 is 1.68 bits per heavy atom. The molecule has 1 atom stereocenters. The van der Waals surface area contributed by atoms with Gasteiger partial charge in [0.25, 0.3) is 0 Å². The molecule has 0 aromatic heterocycles. The van der Waals surface area contributed by atoms with Crippen LogP contribution in [0.3, 0.4) is 0 Å². The largest absolute Gasteiger partial charge is 0.324 e. The molecule has 2 aromatic rings. The number of benzene rings is 2. The Kier molecular flexibility index (Phi) is 4.81. The predicted molar refractivity (Wildman–Crippen MR) is 104 cm³/mol. The number of carbonyl (C=O) groups excluding carboxylic acids is 3. The highest BCUT2D eigenvalue weighted by Gasteiger charge is 2.36. The fourth-order valence-electron chi connectivity index (χ4n) is 3.74. The number of hydrogen-bond acceptors (Lipinski definition) is 3. The van der Waals surface area contributed by atoms with Crippen LogP contribution in [0.4, 0.5) is 21.5 Å². The van der Waals surface area contributed by atoms with E-state index in [0.717, 1.165) is 6.42 Å². The molecule has 0 spiro atoms. The lowest BCUT2D eigenvalue weighted by atomic mass is 10.1. The Morgan fingerprint density at radius 3 is 2.39 bits per heavy atom. The van der Waals surface area contributed by atoms with E-state index in [1.54, 1.807) is 35.2 Å². The zero-order valence-corrected chi connectivity index (χ0v) is 15.2. The number of amides is 3. The van der Waals surface area contributed by atoms with Crippen molar-refractivity contribution in [1.29, 1.82) is 0 Å². The number of nitrogens with one attached hydrogen (secondary N) is 1. The summed E-state index contributed by atoms with van der Waals surface area (Å²) >= 11 is 0. The van der Waals surface area contributed by atoms with Crippen molar-refractivity contribution in [2.75, 3.05) is 28.2 Å². The third-order valence-electron chi connectivity index (χ3n) is 5.17. The number of nitrogens with zero attached hydrogens (tertiary/aromatic N) is 2. The van der Waals surface area contributed by atoms with Crippen molar-refractivity contribution in [3.8, 4) is 0 Å². The first-order valence-electron chi connectivity index (χ1n) is 9.30. The summed E-state index contributed by atoms with van der Waals surface area (Å²) in [7, 11) is 0. The van der Waals surface area contributed by atoms with Gasteiger partial charge in [0.2, 0.25) is 17.7 Å². The summed E-state index contributed by atoms with van der Waals surface area (Å²) < 4.78 is 14.0. The highest BCUT2D eigenvalue weighted by molar-refractivity contribution is 6.06. The summed E-state index contributed by atoms with van der Waals surface area (Å²) in [5.74, 6) is -1.65. The van der Waals surface area contributed by atoms with Crippen LogP contribution in [0.15, 0.2) is 48.5 Å². The molecule has 2 aliphatic heterocycles. The summed E-state index contributed by atoms with van der Waals surface area (Å²) in [5.41, 5.74) is 1.39. The molecule has 4 rings (SSSR count). The molecule has 2 saturated heterocycles. The number of carbonyl (C=O) groups is 3. The third-order valence-corrected chi connectivity index (χ3v) is 5.17. The monoisotopic (exact) mass is 381 g/mol. The normalized spacial score (nSPS) is 19.4. The van der Waals surface area contributed by atoms with Gasteiger partial charge in [-0.05, 0) is 30.7 Å². The Labute approximate surface area is 161 Å². The van der Waals surface area contributed by atoms with Crippen molar-refractivity contribution in [2.45, 2.75) is 19.3 Å². The Bertz CT molecular complexity index is 946. The van der Waals surface area contributed by atoms with Gasteiger partial charge in [-0.25, -0.2) is 4.39 Å². The Morgan fingerprint density at radius 1 is 0.964 bits per heavy atom. The van der Waals surface area contributed by atoms with E-state index in [0.29, 0.717) is 24.3 Å². The molecule has 2 fully saturated rings. The van der Waals surface area contributed by atoms with E-state index in [-0.39, 0.29) is 36.4 Å². The van der Waals surface area contributed by atoms with E-state index in [1.807, 2.05) is 6.07 Å². The van der Waals surface area contributed by atoms with Gasteiger partial charge in [-0.1, -0.05) is 24.3 Å². The maximum atomic E-state index is 14.0. The summed E-state index contributed by atoms with van der Waals surface area (Å²) in [5, 5.41) is 2.85. The van der Waals surface area contributed by atoms with Gasteiger partial charge in [-0.3, -0.25) is 14.4 Å². The van der Waals surface area contributed by atoms with E-state index in [1.165, 1.54) is 17.0 Å². The van der Waals surface area contributed by atoms with Gasteiger partial charge in [-0.15, -0.1) is 0 Å². The van der Waals surface area contributed by atoms with Crippen LogP contribution in [0, 0.1) is 11.7 Å². The lowest BCUT2D eigenvalue weighted by molar-refractivity contribution is -0.122. The highest BCUT2D eigenvalue weighted by Crippen LogP contribution is 2.32. The minimum absolute atomic E-state index is 0.0188. The average Bonchev–Trinajstić information content (AvgIpc) is 3.28. The van der Waals surface area contributed by atoms with Gasteiger partial charge < -0.3 is 15.1 Å². The van der Waals surface area contributed by atoms with Crippen LogP contribution in [-0.4, -0.2) is 30.8 Å². The van der Waals surface area contributed by atoms with Gasteiger partial charge in [0.1, 0.15) is 5.82 Å². The third kappa shape index (κ3) is 3.35. The zero-order valence-electron chi connectivity index (χ0n) is 15.2. The molecule has 28 heavy (non-hydrogen) atoms. The number of para-hydroxylation sites is 3. The zero-order chi connectivity index (χ0) is 19.7. The molecule has 1 unspecified atom stereocenters. The van der Waals surface area contributed by atoms with Crippen LogP contribution in [0.5, 0.6) is 0 Å². The fraction of sp³-hybridized carbons (Fsp3) is 0.286. The number of rotatable bonds is 4. The van der Waals surface area contributed by atoms with Crippen molar-refractivity contribution in [1.82, 2.24) is 0 Å². The van der Waals surface area contributed by atoms with Gasteiger partial charge in [0.15, 0.2) is 0 Å². The van der Waals surface area contributed by atoms with Gasteiger partial charge in [0, 0.05) is 25.9 Å². The molecule has 3 amide bonds. The molecule has 1 N–H and O–H groups in total. The smallest absolute Gasteiger partial charge is 0.229 e. The molecule has 6 nitrogen and oxygen atoms in total. The second-order valence-corrected chi connectivity index (χ2v) is 7.01. The van der Waals surface area contributed by atoms with Crippen molar-refractivity contribution < 1.29 is 18.8 Å². The van der Waals surface area contributed by atoms with E-state index >= 15 is 0 Å². The van der Waals surface area contributed by atoms with E-state index < -0.39 is 11.7 Å². The molecule has 7 heteroatoms. The van der Waals surface area contributed by atoms with Crippen LogP contribution >= 0.6 is 0 Å². The molecular formula is C21H20FN3O3. The highest BCUT2D eigenvalue weighted by atomic mass is 19.1. The maximum absolute atomic E-state index is 14.0. The Balaban J connectivity index is 1.50. The van der Waals surface area contributed by atoms with E-state index in [2.05, 4.69) is 5.32 Å². The molecule has 0 radical (unpaired) electrons. The second kappa shape index (κ2) is 7.42. The van der Waals surface area contributed by atoms with Crippen LogP contribution in [0.2, 0.25) is 0 Å². The topological polar surface area (TPSA) is 69.7 Å². The van der Waals surface area contributed by atoms with Crippen molar-refractivity contribution in [3.63, 3.8) is 0 Å². The molecule has 0 bridgehead atoms. The standard InChI is InChI=1S/C21H20FN3O3/c22-15-6-1-3-8-17(15)25-13-14(12-20(25)27)21(28)23-16-7-2-4-9-18(16)24-11-5-10-19(24)26/h1-4,6-9,14H,5,10-13H2,(H,23,28). The van der Waals surface area contributed by atoms with Crippen molar-refractivity contribution in [2.24, 2.45) is 5.92 Å². The minimum atomic E-state index is -0.588. The predicted octanol–water partition coefficient (Wildman–Crippen LogP) is 2.94. The summed E-state index contributed by atoms with van der Waals surface area (Å²) in [4.78, 5) is 40.2. The first-order valence-corrected chi connectivity index (χ1v) is 9.30. The lowest BCUT2D eigenvalue weighted by Gasteiger charge is -2.21. The fourth-order valence-corrected chi connectivity index (χ4v) is 3.74. The van der Waals surface area contributed by atoms with Crippen LogP contribution < -0.4 is 15.1 Å². The first-order chi connectivity index (χ1) is 13.5.